The molecule has 5 N–H and O–H groups in total. The Morgan fingerprint density at radius 2 is 1.03 bits per heavy atom. The van der Waals surface area contributed by atoms with E-state index in [1.807, 2.05) is 131 Å². The summed E-state index contributed by atoms with van der Waals surface area (Å²) in [5.41, 5.74) is -2.47. The number of aliphatic hydroxyl groups is 3. The van der Waals surface area contributed by atoms with Gasteiger partial charge in [0.05, 0.1) is 67.6 Å². The molecule has 33 heteroatoms. The number of nitrogens with two attached hydrogens (primary N) is 1. The maximum absolute atomic E-state index is 14.5. The van der Waals surface area contributed by atoms with Gasteiger partial charge in [-0.15, -0.1) is 0 Å². The number of fused-ring (bicyclic) bond motifs is 10. The van der Waals surface area contributed by atoms with Crippen LogP contribution in [0.3, 0.4) is 0 Å². The maximum Gasteiger partial charge on any atom is 0.316 e. The lowest BCUT2D eigenvalue weighted by molar-refractivity contribution is -0.300. The number of aliphatic imine (C=N–C) groups is 2. The summed E-state index contributed by atoms with van der Waals surface area (Å²) in [7, 11) is 12.7. The molecule has 0 unspecified atom stereocenters. The van der Waals surface area contributed by atoms with E-state index in [0.717, 1.165) is 28.4 Å². The molecule has 0 aliphatic carbocycles. The van der Waals surface area contributed by atoms with Crippen molar-refractivity contribution in [2.45, 2.75) is 271 Å². The number of esters is 2. The van der Waals surface area contributed by atoms with Gasteiger partial charge in [-0.2, -0.15) is 10.2 Å². The zero-order valence-corrected chi connectivity index (χ0v) is 73.3. The summed E-state index contributed by atoms with van der Waals surface area (Å²) in [5, 5.41) is 48.7. The maximum atomic E-state index is 14.5. The van der Waals surface area contributed by atoms with Gasteiger partial charge < -0.3 is 82.1 Å². The number of aromatic nitrogens is 6. The Balaban J connectivity index is 0.000000256. The third-order valence-electron chi connectivity index (χ3n) is 24.2. The average Bonchev–Trinajstić information content (AvgIpc) is 1.20. The summed E-state index contributed by atoms with van der Waals surface area (Å²) >= 11 is 0. The molecule has 10 heterocycles. The highest BCUT2D eigenvalue weighted by molar-refractivity contribution is 6.01. The molecule has 6 aliphatic rings. The Morgan fingerprint density at radius 1 is 0.593 bits per heavy atom. The van der Waals surface area contributed by atoms with Gasteiger partial charge in [-0.3, -0.25) is 38.8 Å². The predicted molar refractivity (Wildman–Crippen MR) is 437 cm³/mol. The van der Waals surface area contributed by atoms with Gasteiger partial charge in [-0.05, 0) is 164 Å². The van der Waals surface area contributed by atoms with E-state index in [9.17, 15) is 39.3 Å². The Hall–Kier alpha value is -7.16. The summed E-state index contributed by atoms with van der Waals surface area (Å²) < 4.78 is 73.5. The molecule has 4 aromatic rings. The summed E-state index contributed by atoms with van der Waals surface area (Å²) in [4.78, 5) is 102. The number of aliphatic hydroxyl groups excluding tert-OH is 1. The minimum atomic E-state index is -1.73. The number of pyridine rings is 2. The fourth-order valence-corrected chi connectivity index (χ4v) is 17.8. The number of ketones is 3. The summed E-state index contributed by atoms with van der Waals surface area (Å²) in [6.45, 7) is 28.1. The number of hydrogen-bond donors (Lipinski definition) is 4. The third-order valence-corrected chi connectivity index (χ3v) is 24.2. The Labute approximate surface area is 695 Å². The van der Waals surface area contributed by atoms with Gasteiger partial charge in [0, 0.05) is 111 Å². The van der Waals surface area contributed by atoms with Crippen molar-refractivity contribution >= 4 is 46.4 Å². The third kappa shape index (κ3) is 23.1. The molecule has 0 aromatic carbocycles. The lowest BCUT2D eigenvalue weighted by Gasteiger charge is -2.48. The second kappa shape index (κ2) is 42.6. The topological polar surface area (TPSA) is 397 Å². The first-order chi connectivity index (χ1) is 55.7. The Morgan fingerprint density at radius 3 is 1.45 bits per heavy atom. The number of Topliss-reactive ketones (excluding diaryl/α,β-unsaturated/α-hetero) is 3. The SMILES string of the molecule is CC[C@H]1OC(=O)[C@H](C)C(=O)[C@H](C)[C@@H](O[C@@H]2O[C@H](C)C[C@H](N(C)C)[C@H]2O)[C@@]2(C)C[C@@H](C)C(=NC)[C@H](C)[C@@H](OCC(=NOCc3ccc(-n4cccn4)nc3)CO2)[C@]1(C)O.CC[C@H]1OC(=O)[C@H](C)C(=O)[C@H](C)[C@@H](O[C@@H]2O[C@H](C)C[C@H](N(C)C)[C@H]2OC)[C@@]2(C)C[C@@H](C)C(=NC)[C@H](C)[C@@H](OCC(=O)CO2)[C@]1(C)O.NOCc1ccc(-n2cccn2)nc1. The molecular weight excluding hydrogens is 1520 g/mol. The van der Waals surface area contributed by atoms with Gasteiger partial charge in [0.15, 0.2) is 41.6 Å². The summed E-state index contributed by atoms with van der Waals surface area (Å²) in [6, 6.07) is 10.8. The molecule has 33 nitrogen and oxygen atoms in total. The fraction of sp³-hybridized carbons (Fsp3) is 0.718. The Bertz CT molecular complexity index is 3960. The number of carbonyl (C=O) groups is 5. The van der Waals surface area contributed by atoms with Gasteiger partial charge in [0.25, 0.3) is 0 Å². The minimum Gasteiger partial charge on any atom is -0.459 e. The number of nitrogens with zero attached hydrogens (tertiary/aromatic N) is 11. The van der Waals surface area contributed by atoms with Crippen molar-refractivity contribution in [2.24, 2.45) is 68.4 Å². The van der Waals surface area contributed by atoms with Crippen LogP contribution in [0, 0.1) is 47.3 Å². The standard InChI is InChI=1S/C42H64N6O10.C34H58N2O10.C9H10N4O/c1-12-32-42(8,52)38-26(4)34(43-9)24(2)19-41(7,54-23-30(22-53-38)46-55-21-29-14-15-33(44-20-29)48-17-13-16-45-48)37(27(5)35(49)28(6)39(51)57-32)58-40-36(50)31(47(10)11)18-25(3)56-40;1-13-25-34(8,40)30-20(4)26(35-9)18(2)15-33(7,43-17-23(37)16-42-30)29(21(5)27(38)22(6)31(39)45-25)46-32-28(41-12)24(36(10)11)14-19(3)44-32;10-14-7-8-2-3-9(11-6-8)13-5-1-4-12-13/h13-17,20,24-28,31-32,36-38,40,50,52H,12,18-19,21-23H2,1-11H3;18-22,24-25,28-30,32,40H,13-17H2,1-12H3;1-6H,7,10H2/t24-,25-,26+,27+,28-,31+,32-,36-,37-,38-,40+,41-,42-;18-,19-,20+,21+,22-,24+,25-,28-,29-,30-,32+,33-,34-;/m11./s1. The van der Waals surface area contributed by atoms with Crippen LogP contribution in [0.5, 0.6) is 0 Å². The van der Waals surface area contributed by atoms with Crippen LogP contribution in [0.1, 0.15) is 160 Å². The molecule has 0 amide bonds. The predicted octanol–water partition coefficient (Wildman–Crippen LogP) is 7.30. The van der Waals surface area contributed by atoms with Gasteiger partial charge >= 0.3 is 11.9 Å². The molecule has 4 bridgehead atoms. The number of cyclic esters (lactones) is 2. The van der Waals surface area contributed by atoms with Crippen molar-refractivity contribution in [3.8, 4) is 11.6 Å². The van der Waals surface area contributed by atoms with Crippen molar-refractivity contribution in [2.75, 3.05) is 75.8 Å². The zero-order valence-electron chi connectivity index (χ0n) is 73.3. The molecule has 658 valence electrons. The van der Waals surface area contributed by atoms with E-state index in [2.05, 4.69) is 40.1 Å². The van der Waals surface area contributed by atoms with Crippen LogP contribution in [-0.4, -0.2) is 285 Å². The summed E-state index contributed by atoms with van der Waals surface area (Å²) in [5.74, 6) is -2.15. The molecular formula is C85H132N12O21. The van der Waals surface area contributed by atoms with Gasteiger partial charge in [-0.1, -0.05) is 72.7 Å². The quantitative estimate of drug-likeness (QED) is 0.0485. The van der Waals surface area contributed by atoms with Crippen LogP contribution in [0.4, 0.5) is 0 Å². The molecule has 26 atom stereocenters. The van der Waals surface area contributed by atoms with Crippen LogP contribution < -0.4 is 5.90 Å². The number of rotatable bonds is 16. The minimum absolute atomic E-state index is 0.0357. The van der Waals surface area contributed by atoms with E-state index in [1.165, 1.54) is 13.8 Å². The lowest BCUT2D eigenvalue weighted by Crippen LogP contribution is -2.60. The van der Waals surface area contributed by atoms with Crippen LogP contribution in [-0.2, 0) is 99.0 Å². The average molecular weight is 1660 g/mol. The van der Waals surface area contributed by atoms with E-state index in [0.29, 0.717) is 37.4 Å². The van der Waals surface area contributed by atoms with Crippen molar-refractivity contribution in [3.05, 3.63) is 84.7 Å². The molecule has 0 spiro atoms. The first-order valence-electron chi connectivity index (χ1n) is 41.2. The van der Waals surface area contributed by atoms with Crippen LogP contribution in [0.2, 0.25) is 0 Å². The number of ether oxygens (including phenoxy) is 11. The van der Waals surface area contributed by atoms with Crippen molar-refractivity contribution < 1.29 is 101 Å². The zero-order chi connectivity index (χ0) is 87.1. The lowest BCUT2D eigenvalue weighted by atomic mass is 9.73. The van der Waals surface area contributed by atoms with Crippen LogP contribution >= 0.6 is 0 Å². The first-order valence-corrected chi connectivity index (χ1v) is 41.2. The Kier molecular flexibility index (Phi) is 34.7. The molecule has 6 fully saturated rings. The molecule has 6 saturated heterocycles. The first kappa shape index (κ1) is 96.3. The van der Waals surface area contributed by atoms with Gasteiger partial charge in [0.1, 0.15) is 73.0 Å². The largest absolute Gasteiger partial charge is 0.459 e. The smallest absolute Gasteiger partial charge is 0.316 e. The van der Waals surface area contributed by atoms with Crippen molar-refractivity contribution in [1.82, 2.24) is 39.3 Å². The van der Waals surface area contributed by atoms with Gasteiger partial charge in [-0.25, -0.2) is 25.2 Å². The highest BCUT2D eigenvalue weighted by atomic mass is 16.7. The fourth-order valence-electron chi connectivity index (χ4n) is 17.8. The molecule has 118 heavy (non-hydrogen) atoms. The van der Waals surface area contributed by atoms with E-state index < -0.39 is 143 Å². The summed E-state index contributed by atoms with van der Waals surface area (Å²) in [6.07, 6.45) is 2.80. The number of carbonyl (C=O) groups excluding carboxylic acids is 5. The molecule has 6 aliphatic heterocycles. The van der Waals surface area contributed by atoms with Crippen LogP contribution in [0.25, 0.3) is 11.6 Å². The van der Waals surface area contributed by atoms with Crippen molar-refractivity contribution in [3.63, 3.8) is 0 Å². The number of likely N-dealkylation sites (N-methyl/N-ethyl adjacent to an activating group) is 2. The molecule has 10 rings (SSSR count). The van der Waals surface area contributed by atoms with E-state index in [-0.39, 0.29) is 94.2 Å². The van der Waals surface area contributed by atoms with E-state index in [1.54, 1.807) is 103 Å². The second-order valence-corrected chi connectivity index (χ2v) is 33.9. The molecule has 0 radical (unpaired) electrons. The van der Waals surface area contributed by atoms with E-state index in [4.69, 9.17) is 67.8 Å². The number of methoxy groups -OCH3 is 1. The number of hydrogen-bond acceptors (Lipinski definition) is 31. The van der Waals surface area contributed by atoms with Crippen molar-refractivity contribution in [1.29, 1.82) is 0 Å². The molecule has 4 aromatic heterocycles. The number of oxime groups is 1. The highest BCUT2D eigenvalue weighted by Crippen LogP contribution is 2.44. The normalized spacial score (nSPS) is 37.6. The highest BCUT2D eigenvalue weighted by Gasteiger charge is 2.56. The van der Waals surface area contributed by atoms with Gasteiger partial charge in [0.2, 0.25) is 0 Å². The monoisotopic (exact) mass is 1660 g/mol. The van der Waals surface area contributed by atoms with Crippen LogP contribution in [0.15, 0.2) is 88.7 Å². The molecule has 0 saturated carbocycles. The van der Waals surface area contributed by atoms with E-state index >= 15 is 0 Å². The second-order valence-electron chi connectivity index (χ2n) is 33.9.